The van der Waals surface area contributed by atoms with Gasteiger partial charge in [0.25, 0.3) is 0 Å². The third-order valence-electron chi connectivity index (χ3n) is 1.64. The SMILES string of the molecule is COC(=O)NNC(=O)Nc1ccc(Cl)c(Cl)c1. The zero-order chi connectivity index (χ0) is 12.8. The fraction of sp³-hybridized carbons (Fsp3) is 0.111. The molecule has 1 rings (SSSR count). The summed E-state index contributed by atoms with van der Waals surface area (Å²) in [5, 5.41) is 3.12. The number of hydrogen-bond donors (Lipinski definition) is 3. The van der Waals surface area contributed by atoms with Crippen molar-refractivity contribution in [3.8, 4) is 0 Å². The number of methoxy groups -OCH3 is 1. The van der Waals surface area contributed by atoms with Gasteiger partial charge in [0.1, 0.15) is 0 Å². The van der Waals surface area contributed by atoms with Gasteiger partial charge in [0.15, 0.2) is 0 Å². The quantitative estimate of drug-likeness (QED) is 0.690. The van der Waals surface area contributed by atoms with Gasteiger partial charge in [0.2, 0.25) is 0 Å². The monoisotopic (exact) mass is 277 g/mol. The largest absolute Gasteiger partial charge is 0.452 e. The average Bonchev–Trinajstić information content (AvgIpc) is 2.31. The van der Waals surface area contributed by atoms with Gasteiger partial charge in [-0.1, -0.05) is 23.2 Å². The smallest absolute Gasteiger partial charge is 0.425 e. The minimum atomic E-state index is -0.783. The van der Waals surface area contributed by atoms with Crippen LogP contribution in [0.25, 0.3) is 0 Å². The molecule has 1 aromatic rings. The molecule has 0 unspecified atom stereocenters. The van der Waals surface area contributed by atoms with Gasteiger partial charge >= 0.3 is 12.1 Å². The van der Waals surface area contributed by atoms with Crippen LogP contribution in [0.2, 0.25) is 10.0 Å². The second-order valence-corrected chi connectivity index (χ2v) is 3.64. The molecule has 0 aliphatic rings. The fourth-order valence-corrected chi connectivity index (χ4v) is 1.19. The van der Waals surface area contributed by atoms with E-state index in [4.69, 9.17) is 23.2 Å². The predicted octanol–water partition coefficient (Wildman–Crippen LogP) is 2.39. The second-order valence-electron chi connectivity index (χ2n) is 2.82. The summed E-state index contributed by atoms with van der Waals surface area (Å²) in [7, 11) is 1.17. The molecule has 3 amide bonds. The fourth-order valence-electron chi connectivity index (χ4n) is 0.895. The minimum Gasteiger partial charge on any atom is -0.452 e. The Kier molecular flexibility index (Phi) is 4.86. The third kappa shape index (κ3) is 4.38. The van der Waals surface area contributed by atoms with Gasteiger partial charge < -0.3 is 10.1 Å². The van der Waals surface area contributed by atoms with Gasteiger partial charge in [-0.25, -0.2) is 20.4 Å². The van der Waals surface area contributed by atoms with Crippen LogP contribution in [0.1, 0.15) is 0 Å². The normalized spacial score (nSPS) is 9.35. The highest BCUT2D eigenvalue weighted by Gasteiger charge is 2.05. The van der Waals surface area contributed by atoms with Crippen LogP contribution in [-0.2, 0) is 4.74 Å². The van der Waals surface area contributed by atoms with Gasteiger partial charge in [-0.15, -0.1) is 0 Å². The van der Waals surface area contributed by atoms with E-state index in [-0.39, 0.29) is 0 Å². The maximum atomic E-state index is 11.3. The molecule has 0 aliphatic heterocycles. The van der Waals surface area contributed by atoms with E-state index in [0.717, 1.165) is 0 Å². The highest BCUT2D eigenvalue weighted by atomic mass is 35.5. The van der Waals surface area contributed by atoms with Gasteiger partial charge in [-0.3, -0.25) is 0 Å². The van der Waals surface area contributed by atoms with E-state index in [2.05, 4.69) is 15.5 Å². The maximum absolute atomic E-state index is 11.3. The third-order valence-corrected chi connectivity index (χ3v) is 2.38. The lowest BCUT2D eigenvalue weighted by Gasteiger charge is -2.08. The number of carbonyl (C=O) groups is 2. The lowest BCUT2D eigenvalue weighted by Crippen LogP contribution is -2.43. The Labute approximate surface area is 107 Å². The van der Waals surface area contributed by atoms with E-state index < -0.39 is 12.1 Å². The summed E-state index contributed by atoms with van der Waals surface area (Å²) in [6.45, 7) is 0. The summed E-state index contributed by atoms with van der Waals surface area (Å²) in [5.41, 5.74) is 4.50. The number of halogens is 2. The Morgan fingerprint density at radius 2 is 1.88 bits per heavy atom. The molecule has 92 valence electrons. The van der Waals surface area contributed by atoms with Crippen LogP contribution in [0, 0.1) is 0 Å². The van der Waals surface area contributed by atoms with Crippen molar-refractivity contribution in [2.45, 2.75) is 0 Å². The lowest BCUT2D eigenvalue weighted by molar-refractivity contribution is 0.166. The number of amides is 3. The number of ether oxygens (including phenoxy) is 1. The zero-order valence-corrected chi connectivity index (χ0v) is 10.2. The first-order valence-corrected chi connectivity index (χ1v) is 5.14. The predicted molar refractivity (Wildman–Crippen MR) is 64.2 cm³/mol. The standard InChI is InChI=1S/C9H9Cl2N3O3/c1-17-9(16)14-13-8(15)12-5-2-3-6(10)7(11)4-5/h2-4H,1H3,(H,14,16)(H2,12,13,15). The van der Waals surface area contributed by atoms with Crippen LogP contribution < -0.4 is 16.2 Å². The van der Waals surface area contributed by atoms with Crippen LogP contribution in [0.5, 0.6) is 0 Å². The first-order chi connectivity index (χ1) is 8.02. The minimum absolute atomic E-state index is 0.311. The van der Waals surface area contributed by atoms with E-state index >= 15 is 0 Å². The molecule has 0 aliphatic carbocycles. The molecule has 0 fully saturated rings. The average molecular weight is 278 g/mol. The molecule has 0 heterocycles. The number of hydrazine groups is 1. The number of urea groups is 1. The van der Waals surface area contributed by atoms with Crippen LogP contribution in [-0.4, -0.2) is 19.2 Å². The van der Waals surface area contributed by atoms with E-state index in [1.54, 1.807) is 6.07 Å². The molecule has 0 saturated heterocycles. The van der Waals surface area contributed by atoms with Crippen LogP contribution in [0.3, 0.4) is 0 Å². The first kappa shape index (κ1) is 13.4. The van der Waals surface area contributed by atoms with Crippen molar-refractivity contribution in [1.82, 2.24) is 10.9 Å². The summed E-state index contributed by atoms with van der Waals surface area (Å²) in [4.78, 5) is 21.9. The van der Waals surface area contributed by atoms with E-state index in [1.807, 2.05) is 5.43 Å². The number of rotatable bonds is 1. The molecule has 3 N–H and O–H groups in total. The molecular weight excluding hydrogens is 269 g/mol. The first-order valence-electron chi connectivity index (χ1n) is 4.39. The Morgan fingerprint density at radius 3 is 2.47 bits per heavy atom. The van der Waals surface area contributed by atoms with Gasteiger partial charge in [0.05, 0.1) is 17.2 Å². The summed E-state index contributed by atoms with van der Waals surface area (Å²) in [5.74, 6) is 0. The van der Waals surface area contributed by atoms with Crippen molar-refractivity contribution >= 4 is 41.0 Å². The maximum Gasteiger partial charge on any atom is 0.425 e. The Balaban J connectivity index is 2.50. The van der Waals surface area contributed by atoms with Crippen molar-refractivity contribution < 1.29 is 14.3 Å². The van der Waals surface area contributed by atoms with Crippen LogP contribution >= 0.6 is 23.2 Å². The number of nitrogens with one attached hydrogen (secondary N) is 3. The summed E-state index contributed by atoms with van der Waals surface area (Å²) in [6.07, 6.45) is -0.783. The molecule has 0 aromatic heterocycles. The summed E-state index contributed by atoms with van der Waals surface area (Å²) in [6, 6.07) is 3.93. The van der Waals surface area contributed by atoms with Crippen molar-refractivity contribution in [2.24, 2.45) is 0 Å². The number of hydrogen-bond acceptors (Lipinski definition) is 3. The summed E-state index contributed by atoms with van der Waals surface area (Å²) >= 11 is 11.5. The van der Waals surface area contributed by atoms with E-state index in [1.165, 1.54) is 19.2 Å². The Bertz CT molecular complexity index is 439. The zero-order valence-electron chi connectivity index (χ0n) is 8.71. The molecular formula is C9H9Cl2N3O3. The van der Waals surface area contributed by atoms with Crippen LogP contribution in [0.15, 0.2) is 18.2 Å². The molecule has 8 heteroatoms. The molecule has 0 bridgehead atoms. The van der Waals surface area contributed by atoms with Crippen molar-refractivity contribution in [3.05, 3.63) is 28.2 Å². The number of carbonyl (C=O) groups excluding carboxylic acids is 2. The molecule has 0 saturated carbocycles. The van der Waals surface area contributed by atoms with Gasteiger partial charge in [-0.05, 0) is 18.2 Å². The molecule has 0 spiro atoms. The summed E-state index contributed by atoms with van der Waals surface area (Å²) < 4.78 is 4.25. The van der Waals surface area contributed by atoms with Gasteiger partial charge in [-0.2, -0.15) is 0 Å². The van der Waals surface area contributed by atoms with E-state index in [9.17, 15) is 9.59 Å². The second kappa shape index (κ2) is 6.17. The molecule has 6 nitrogen and oxygen atoms in total. The van der Waals surface area contributed by atoms with E-state index in [0.29, 0.717) is 15.7 Å². The highest BCUT2D eigenvalue weighted by molar-refractivity contribution is 6.42. The Hall–Kier alpha value is -1.66. The molecule has 0 atom stereocenters. The Morgan fingerprint density at radius 1 is 1.18 bits per heavy atom. The van der Waals surface area contributed by atoms with Gasteiger partial charge in [0, 0.05) is 5.69 Å². The lowest BCUT2D eigenvalue weighted by atomic mass is 10.3. The topological polar surface area (TPSA) is 79.5 Å². The highest BCUT2D eigenvalue weighted by Crippen LogP contribution is 2.24. The number of anilines is 1. The molecule has 1 aromatic carbocycles. The van der Waals surface area contributed by atoms with Crippen molar-refractivity contribution in [2.75, 3.05) is 12.4 Å². The van der Waals surface area contributed by atoms with Crippen molar-refractivity contribution in [3.63, 3.8) is 0 Å². The van der Waals surface area contributed by atoms with Crippen LogP contribution in [0.4, 0.5) is 15.3 Å². The molecule has 0 radical (unpaired) electrons. The van der Waals surface area contributed by atoms with Crippen molar-refractivity contribution in [1.29, 1.82) is 0 Å². The molecule has 17 heavy (non-hydrogen) atoms. The number of benzene rings is 1.